The molecule has 0 N–H and O–H groups in total. The highest BCUT2D eigenvalue weighted by molar-refractivity contribution is 6.20. The fourth-order valence-corrected chi connectivity index (χ4v) is 4.30. The summed E-state index contributed by atoms with van der Waals surface area (Å²) in [5, 5.41) is 0.196. The van der Waals surface area contributed by atoms with Gasteiger partial charge in [0.25, 0.3) is 0 Å². The Balaban J connectivity index is 1.74. The molecule has 1 heteroatoms. The fraction of sp³-hybridized carbons (Fsp3) is 0.778. The Morgan fingerprint density at radius 1 is 0.536 bits per heavy atom. The van der Waals surface area contributed by atoms with Crippen LogP contribution in [0.1, 0.15) is 134 Å². The zero-order valence-electron chi connectivity index (χ0n) is 18.9. The van der Waals surface area contributed by atoms with Crippen LogP contribution in [0.2, 0.25) is 0 Å². The predicted octanol–water partition coefficient (Wildman–Crippen LogP) is 10.3. The van der Waals surface area contributed by atoms with Gasteiger partial charge >= 0.3 is 0 Å². The minimum Gasteiger partial charge on any atom is -0.118 e. The third kappa shape index (κ3) is 15.4. The largest absolute Gasteiger partial charge is 0.118 e. The molecule has 0 bridgehead atoms. The van der Waals surface area contributed by atoms with Crippen molar-refractivity contribution in [2.24, 2.45) is 5.92 Å². The summed E-state index contributed by atoms with van der Waals surface area (Å²) < 4.78 is 0. The molecule has 1 atom stereocenters. The van der Waals surface area contributed by atoms with Crippen LogP contribution in [0.15, 0.2) is 30.3 Å². The van der Waals surface area contributed by atoms with Gasteiger partial charge in [-0.3, -0.25) is 0 Å². The Labute approximate surface area is 181 Å². The molecule has 0 spiro atoms. The van der Waals surface area contributed by atoms with Crippen LogP contribution in [0.5, 0.6) is 0 Å². The zero-order chi connectivity index (χ0) is 20.3. The lowest BCUT2D eigenvalue weighted by Crippen LogP contribution is -1.90. The van der Waals surface area contributed by atoms with Crippen molar-refractivity contribution in [3.63, 3.8) is 0 Å². The monoisotopic (exact) mass is 406 g/mol. The molecule has 28 heavy (non-hydrogen) atoms. The molecule has 0 heterocycles. The number of unbranched alkanes of at least 4 members (excludes halogenated alkanes) is 14. The van der Waals surface area contributed by atoms with Crippen molar-refractivity contribution >= 4 is 11.6 Å². The summed E-state index contributed by atoms with van der Waals surface area (Å²) in [7, 11) is 0. The molecule has 0 fully saturated rings. The van der Waals surface area contributed by atoms with Gasteiger partial charge in [-0.1, -0.05) is 147 Å². The van der Waals surface area contributed by atoms with Crippen molar-refractivity contribution in [1.29, 1.82) is 0 Å². The Bertz CT molecular complexity index is 425. The van der Waals surface area contributed by atoms with Crippen molar-refractivity contribution in [3.8, 4) is 0 Å². The zero-order valence-corrected chi connectivity index (χ0v) is 19.7. The molecule has 0 aliphatic rings. The SMILES string of the molecule is CC(C)CCCCCCCCCCCCCCCCCC(Cl)c1ccccc1. The van der Waals surface area contributed by atoms with Gasteiger partial charge in [0.2, 0.25) is 0 Å². The molecule has 0 saturated heterocycles. The van der Waals surface area contributed by atoms with Gasteiger partial charge < -0.3 is 0 Å². The Hall–Kier alpha value is -0.490. The van der Waals surface area contributed by atoms with Gasteiger partial charge in [-0.25, -0.2) is 0 Å². The van der Waals surface area contributed by atoms with E-state index >= 15 is 0 Å². The van der Waals surface area contributed by atoms with Crippen LogP contribution in [-0.4, -0.2) is 0 Å². The average molecular weight is 407 g/mol. The van der Waals surface area contributed by atoms with E-state index in [1.54, 1.807) is 0 Å². The second-order valence-corrected chi connectivity index (χ2v) is 9.68. The lowest BCUT2D eigenvalue weighted by Gasteiger charge is -2.09. The molecule has 0 radical (unpaired) electrons. The molecule has 0 aromatic heterocycles. The van der Waals surface area contributed by atoms with E-state index in [4.69, 9.17) is 11.6 Å². The van der Waals surface area contributed by atoms with Gasteiger partial charge in [0.15, 0.2) is 0 Å². The maximum Gasteiger partial charge on any atom is 0.0585 e. The topological polar surface area (TPSA) is 0 Å². The molecular formula is C27H47Cl. The second-order valence-electron chi connectivity index (χ2n) is 9.15. The standard InChI is InChI=1S/C27H47Cl/c1-25(2)21-17-14-12-10-8-6-4-3-5-7-9-11-13-15-20-24-27(28)26-22-18-16-19-23-26/h16,18-19,22-23,25,27H,3-15,17,20-21,24H2,1-2H3. The fourth-order valence-electron chi connectivity index (χ4n) is 4.00. The smallest absolute Gasteiger partial charge is 0.0585 e. The van der Waals surface area contributed by atoms with Gasteiger partial charge in [0.1, 0.15) is 0 Å². The summed E-state index contributed by atoms with van der Waals surface area (Å²) in [4.78, 5) is 0. The van der Waals surface area contributed by atoms with Gasteiger partial charge in [0, 0.05) is 0 Å². The molecule has 0 amide bonds. The van der Waals surface area contributed by atoms with Crippen LogP contribution in [0.3, 0.4) is 0 Å². The summed E-state index contributed by atoms with van der Waals surface area (Å²) >= 11 is 6.48. The second kappa shape index (κ2) is 18.5. The Kier molecular flexibility index (Phi) is 16.9. The quantitative estimate of drug-likeness (QED) is 0.158. The highest BCUT2D eigenvalue weighted by atomic mass is 35.5. The molecule has 0 saturated carbocycles. The van der Waals surface area contributed by atoms with E-state index in [2.05, 4.69) is 44.2 Å². The first-order valence-electron chi connectivity index (χ1n) is 12.4. The van der Waals surface area contributed by atoms with E-state index in [-0.39, 0.29) is 5.38 Å². The van der Waals surface area contributed by atoms with Gasteiger partial charge in [-0.2, -0.15) is 0 Å². The van der Waals surface area contributed by atoms with Crippen LogP contribution in [0.25, 0.3) is 0 Å². The Morgan fingerprint density at radius 2 is 0.893 bits per heavy atom. The summed E-state index contributed by atoms with van der Waals surface area (Å²) in [5.74, 6) is 0.887. The van der Waals surface area contributed by atoms with Crippen LogP contribution in [0, 0.1) is 5.92 Å². The molecule has 0 aliphatic heterocycles. The van der Waals surface area contributed by atoms with Crippen LogP contribution in [0.4, 0.5) is 0 Å². The lowest BCUT2D eigenvalue weighted by atomic mass is 10.0. The third-order valence-electron chi connectivity index (χ3n) is 5.90. The molecule has 0 aliphatic carbocycles. The van der Waals surface area contributed by atoms with Crippen molar-refractivity contribution in [1.82, 2.24) is 0 Å². The summed E-state index contributed by atoms with van der Waals surface area (Å²) in [6.07, 6.45) is 23.9. The highest BCUT2D eigenvalue weighted by Gasteiger charge is 2.06. The number of hydrogen-bond acceptors (Lipinski definition) is 0. The normalized spacial score (nSPS) is 12.6. The number of rotatable bonds is 19. The molecule has 0 nitrogen and oxygen atoms in total. The van der Waals surface area contributed by atoms with E-state index in [1.165, 1.54) is 108 Å². The van der Waals surface area contributed by atoms with E-state index in [9.17, 15) is 0 Å². The average Bonchev–Trinajstić information content (AvgIpc) is 2.70. The first kappa shape index (κ1) is 25.5. The third-order valence-corrected chi connectivity index (χ3v) is 6.37. The first-order valence-corrected chi connectivity index (χ1v) is 12.8. The maximum atomic E-state index is 6.48. The van der Waals surface area contributed by atoms with Crippen LogP contribution < -0.4 is 0 Å². The van der Waals surface area contributed by atoms with Gasteiger partial charge in [0.05, 0.1) is 5.38 Å². The Morgan fingerprint density at radius 3 is 1.29 bits per heavy atom. The van der Waals surface area contributed by atoms with Gasteiger partial charge in [-0.15, -0.1) is 11.6 Å². The number of hydrogen-bond donors (Lipinski definition) is 0. The lowest BCUT2D eigenvalue weighted by molar-refractivity contribution is 0.501. The summed E-state index contributed by atoms with van der Waals surface area (Å²) in [6.45, 7) is 4.67. The molecule has 1 rings (SSSR count). The van der Waals surface area contributed by atoms with Crippen molar-refractivity contribution < 1.29 is 0 Å². The minimum atomic E-state index is 0.196. The first-order chi connectivity index (χ1) is 13.7. The van der Waals surface area contributed by atoms with Crippen molar-refractivity contribution in [2.45, 2.75) is 128 Å². The number of alkyl halides is 1. The molecule has 162 valence electrons. The van der Waals surface area contributed by atoms with E-state index in [0.29, 0.717) is 0 Å². The van der Waals surface area contributed by atoms with E-state index < -0.39 is 0 Å². The van der Waals surface area contributed by atoms with Crippen LogP contribution >= 0.6 is 11.6 Å². The number of halogens is 1. The molecule has 1 aromatic rings. The predicted molar refractivity (Wildman–Crippen MR) is 128 cm³/mol. The highest BCUT2D eigenvalue weighted by Crippen LogP contribution is 2.26. The summed E-state index contributed by atoms with van der Waals surface area (Å²) in [6, 6.07) is 10.5. The molecular weight excluding hydrogens is 360 g/mol. The van der Waals surface area contributed by atoms with Crippen LogP contribution in [-0.2, 0) is 0 Å². The summed E-state index contributed by atoms with van der Waals surface area (Å²) in [5.41, 5.74) is 1.27. The molecule has 1 unspecified atom stereocenters. The number of benzene rings is 1. The van der Waals surface area contributed by atoms with Crippen molar-refractivity contribution in [2.75, 3.05) is 0 Å². The van der Waals surface area contributed by atoms with Gasteiger partial charge in [-0.05, 0) is 17.9 Å². The van der Waals surface area contributed by atoms with E-state index in [0.717, 1.165) is 12.3 Å². The van der Waals surface area contributed by atoms with E-state index in [1.807, 2.05) is 0 Å². The van der Waals surface area contributed by atoms with Crippen molar-refractivity contribution in [3.05, 3.63) is 35.9 Å². The maximum absolute atomic E-state index is 6.48. The minimum absolute atomic E-state index is 0.196. The molecule has 1 aromatic carbocycles.